The Hall–Kier alpha value is -2.09. The summed E-state index contributed by atoms with van der Waals surface area (Å²) in [5.74, 6) is 1.23. The van der Waals surface area contributed by atoms with Gasteiger partial charge in [-0.05, 0) is 39.7 Å². The number of anilines is 2. The Bertz CT molecular complexity index is 993. The SMILES string of the molecule is COc1ccc(Cn2cc(Cl)nc(Nc3ncc(Cl)cc3Br)c2=O)cc1. The first-order chi connectivity index (χ1) is 12.5. The Morgan fingerprint density at radius 1 is 1.23 bits per heavy atom. The number of halogens is 3. The fourth-order valence-electron chi connectivity index (χ4n) is 2.25. The molecule has 0 fully saturated rings. The Labute approximate surface area is 167 Å². The normalized spacial score (nSPS) is 10.6. The summed E-state index contributed by atoms with van der Waals surface area (Å²) in [7, 11) is 1.60. The third-order valence-electron chi connectivity index (χ3n) is 3.50. The smallest absolute Gasteiger partial charge is 0.294 e. The molecule has 0 unspecified atom stereocenters. The topological polar surface area (TPSA) is 69.0 Å². The molecule has 134 valence electrons. The lowest BCUT2D eigenvalue weighted by Gasteiger charge is -2.11. The number of aromatic nitrogens is 3. The van der Waals surface area contributed by atoms with Crippen LogP contribution in [0.2, 0.25) is 10.2 Å². The molecule has 26 heavy (non-hydrogen) atoms. The van der Waals surface area contributed by atoms with Gasteiger partial charge < -0.3 is 14.6 Å². The molecule has 0 aliphatic heterocycles. The van der Waals surface area contributed by atoms with E-state index in [9.17, 15) is 4.79 Å². The van der Waals surface area contributed by atoms with Crippen LogP contribution in [0.1, 0.15) is 5.56 Å². The molecule has 0 saturated heterocycles. The Morgan fingerprint density at radius 2 is 1.96 bits per heavy atom. The third-order valence-corrected chi connectivity index (χ3v) is 4.49. The van der Waals surface area contributed by atoms with Gasteiger partial charge in [0.2, 0.25) is 0 Å². The Morgan fingerprint density at radius 3 is 2.62 bits per heavy atom. The molecule has 0 aliphatic carbocycles. The molecule has 0 aliphatic rings. The van der Waals surface area contributed by atoms with Crippen LogP contribution >= 0.6 is 39.1 Å². The molecule has 9 heteroatoms. The molecule has 3 rings (SSSR count). The molecule has 0 spiro atoms. The molecule has 6 nitrogen and oxygen atoms in total. The predicted octanol–water partition coefficient (Wildman–Crippen LogP) is 4.51. The van der Waals surface area contributed by atoms with Gasteiger partial charge in [-0.15, -0.1) is 0 Å². The minimum atomic E-state index is -0.325. The van der Waals surface area contributed by atoms with Crippen molar-refractivity contribution >= 4 is 50.8 Å². The standard InChI is InChI=1S/C17H13BrCl2N4O2/c1-26-12-4-2-10(3-5-12)8-24-9-14(20)22-16(17(24)25)23-15-13(18)6-11(19)7-21-15/h2-7,9H,8H2,1H3,(H,21,22,23). The Kier molecular flexibility index (Phi) is 5.80. The van der Waals surface area contributed by atoms with Gasteiger partial charge >= 0.3 is 0 Å². The number of rotatable bonds is 5. The number of benzene rings is 1. The van der Waals surface area contributed by atoms with Crippen molar-refractivity contribution in [2.75, 3.05) is 12.4 Å². The van der Waals surface area contributed by atoms with E-state index in [0.29, 0.717) is 21.9 Å². The van der Waals surface area contributed by atoms with Crippen molar-refractivity contribution in [3.8, 4) is 5.75 Å². The van der Waals surface area contributed by atoms with Gasteiger partial charge in [0.05, 0.1) is 23.1 Å². The number of hydrogen-bond donors (Lipinski definition) is 1. The van der Waals surface area contributed by atoms with Crippen LogP contribution in [0.5, 0.6) is 5.75 Å². The van der Waals surface area contributed by atoms with Crippen LogP contribution in [-0.2, 0) is 6.54 Å². The van der Waals surface area contributed by atoms with Gasteiger partial charge in [0, 0.05) is 12.4 Å². The maximum atomic E-state index is 12.7. The van der Waals surface area contributed by atoms with Crippen molar-refractivity contribution in [1.82, 2.24) is 14.5 Å². The van der Waals surface area contributed by atoms with Crippen molar-refractivity contribution in [2.45, 2.75) is 6.54 Å². The van der Waals surface area contributed by atoms with E-state index >= 15 is 0 Å². The van der Waals surface area contributed by atoms with Crippen molar-refractivity contribution < 1.29 is 4.74 Å². The molecule has 1 aromatic carbocycles. The second kappa shape index (κ2) is 8.07. The summed E-state index contributed by atoms with van der Waals surface area (Å²) < 4.78 is 7.22. The van der Waals surface area contributed by atoms with E-state index in [1.165, 1.54) is 17.0 Å². The highest BCUT2D eigenvalue weighted by Crippen LogP contribution is 2.25. The first-order valence-corrected chi connectivity index (χ1v) is 8.99. The third kappa shape index (κ3) is 4.35. The molecule has 2 aromatic heterocycles. The van der Waals surface area contributed by atoms with E-state index in [4.69, 9.17) is 27.9 Å². The second-order valence-corrected chi connectivity index (χ2v) is 6.98. The van der Waals surface area contributed by atoms with Gasteiger partial charge in [0.1, 0.15) is 16.7 Å². The molecule has 0 saturated carbocycles. The molecule has 0 atom stereocenters. The number of ether oxygens (including phenoxy) is 1. The van der Waals surface area contributed by atoms with Crippen molar-refractivity contribution in [3.63, 3.8) is 0 Å². The number of methoxy groups -OCH3 is 1. The van der Waals surface area contributed by atoms with Crippen LogP contribution in [0.15, 0.2) is 52.0 Å². The number of nitrogens with one attached hydrogen (secondary N) is 1. The summed E-state index contributed by atoms with van der Waals surface area (Å²) in [4.78, 5) is 20.9. The zero-order valence-electron chi connectivity index (χ0n) is 13.5. The molecule has 0 amide bonds. The van der Waals surface area contributed by atoms with Crippen LogP contribution in [0.25, 0.3) is 0 Å². The van der Waals surface area contributed by atoms with E-state index < -0.39 is 0 Å². The van der Waals surface area contributed by atoms with Crippen LogP contribution < -0.4 is 15.6 Å². The molecule has 0 bridgehead atoms. The van der Waals surface area contributed by atoms with E-state index in [0.717, 1.165) is 11.3 Å². The zero-order valence-corrected chi connectivity index (χ0v) is 16.6. The fourth-order valence-corrected chi connectivity index (χ4v) is 3.19. The van der Waals surface area contributed by atoms with Gasteiger partial charge in [-0.1, -0.05) is 35.3 Å². The van der Waals surface area contributed by atoms with Crippen LogP contribution in [0, 0.1) is 0 Å². The van der Waals surface area contributed by atoms with E-state index in [2.05, 4.69) is 31.2 Å². The first-order valence-electron chi connectivity index (χ1n) is 7.44. The lowest BCUT2D eigenvalue weighted by Crippen LogP contribution is -2.24. The van der Waals surface area contributed by atoms with Gasteiger partial charge in [0.25, 0.3) is 5.56 Å². The monoisotopic (exact) mass is 454 g/mol. The summed E-state index contributed by atoms with van der Waals surface area (Å²) >= 11 is 15.3. The second-order valence-electron chi connectivity index (χ2n) is 5.30. The molecular formula is C17H13BrCl2N4O2. The molecule has 0 radical (unpaired) electrons. The molecular weight excluding hydrogens is 443 g/mol. The lowest BCUT2D eigenvalue weighted by molar-refractivity contribution is 0.414. The quantitative estimate of drug-likeness (QED) is 0.612. The average molecular weight is 456 g/mol. The summed E-state index contributed by atoms with van der Waals surface area (Å²) in [6.07, 6.45) is 2.96. The highest BCUT2D eigenvalue weighted by Gasteiger charge is 2.11. The van der Waals surface area contributed by atoms with E-state index in [1.54, 1.807) is 13.2 Å². The summed E-state index contributed by atoms with van der Waals surface area (Å²) in [5.41, 5.74) is 0.598. The largest absolute Gasteiger partial charge is 0.497 e. The van der Waals surface area contributed by atoms with Crippen molar-refractivity contribution in [1.29, 1.82) is 0 Å². The van der Waals surface area contributed by atoms with Crippen molar-refractivity contribution in [2.24, 2.45) is 0 Å². The highest BCUT2D eigenvalue weighted by atomic mass is 79.9. The maximum Gasteiger partial charge on any atom is 0.294 e. The summed E-state index contributed by atoms with van der Waals surface area (Å²) in [5, 5.41) is 3.54. The Balaban J connectivity index is 1.91. The molecule has 3 aromatic rings. The van der Waals surface area contributed by atoms with E-state index in [1.807, 2.05) is 24.3 Å². The van der Waals surface area contributed by atoms with E-state index in [-0.39, 0.29) is 16.5 Å². The lowest BCUT2D eigenvalue weighted by atomic mass is 10.2. The number of hydrogen-bond acceptors (Lipinski definition) is 5. The molecule has 2 heterocycles. The van der Waals surface area contributed by atoms with Crippen LogP contribution in [0.4, 0.5) is 11.6 Å². The minimum Gasteiger partial charge on any atom is -0.497 e. The van der Waals surface area contributed by atoms with Crippen LogP contribution in [0.3, 0.4) is 0 Å². The van der Waals surface area contributed by atoms with Gasteiger partial charge in [-0.3, -0.25) is 4.79 Å². The van der Waals surface area contributed by atoms with Gasteiger partial charge in [-0.2, -0.15) is 0 Å². The number of pyridine rings is 1. The average Bonchev–Trinajstić information content (AvgIpc) is 2.62. The van der Waals surface area contributed by atoms with Crippen molar-refractivity contribution in [3.05, 3.63) is 73.3 Å². The predicted molar refractivity (Wildman–Crippen MR) is 106 cm³/mol. The molecule has 1 N–H and O–H groups in total. The highest BCUT2D eigenvalue weighted by molar-refractivity contribution is 9.10. The minimum absolute atomic E-state index is 0.0709. The van der Waals surface area contributed by atoms with Crippen LogP contribution in [-0.4, -0.2) is 21.6 Å². The maximum absolute atomic E-state index is 12.7. The van der Waals surface area contributed by atoms with Gasteiger partial charge in [0.15, 0.2) is 5.82 Å². The van der Waals surface area contributed by atoms with Gasteiger partial charge in [-0.25, -0.2) is 9.97 Å². The number of nitrogens with zero attached hydrogens (tertiary/aromatic N) is 3. The fraction of sp³-hybridized carbons (Fsp3) is 0.118. The first kappa shape index (κ1) is 18.7. The zero-order chi connectivity index (χ0) is 18.7. The summed E-state index contributed by atoms with van der Waals surface area (Å²) in [6, 6.07) is 9.08. The summed E-state index contributed by atoms with van der Waals surface area (Å²) in [6.45, 7) is 0.342.